The SMILES string of the molecule is COc1ccc(/C=N\O[C@H](C)C(=O)Nc2ccccc2)cc1OC. The molecule has 0 heterocycles. The third-order valence-corrected chi connectivity index (χ3v) is 3.24. The van der Waals surface area contributed by atoms with Gasteiger partial charge in [0.05, 0.1) is 20.4 Å². The number of amides is 1. The summed E-state index contributed by atoms with van der Waals surface area (Å²) in [6, 6.07) is 14.5. The molecule has 6 heteroatoms. The maximum Gasteiger partial charge on any atom is 0.267 e. The number of carbonyl (C=O) groups excluding carboxylic acids is 1. The van der Waals surface area contributed by atoms with E-state index in [1.807, 2.05) is 24.3 Å². The molecule has 1 atom stereocenters. The molecule has 0 saturated heterocycles. The molecule has 126 valence electrons. The van der Waals surface area contributed by atoms with Gasteiger partial charge in [0.2, 0.25) is 6.10 Å². The van der Waals surface area contributed by atoms with E-state index in [1.165, 1.54) is 6.21 Å². The van der Waals surface area contributed by atoms with Gasteiger partial charge in [-0.3, -0.25) is 4.79 Å². The van der Waals surface area contributed by atoms with Gasteiger partial charge in [0.15, 0.2) is 11.5 Å². The monoisotopic (exact) mass is 328 g/mol. The standard InChI is InChI=1S/C18H20N2O4/c1-13(18(21)20-15-7-5-4-6-8-15)24-19-12-14-9-10-16(22-2)17(11-14)23-3/h4-13H,1-3H3,(H,20,21)/b19-12-/t13-/m1/s1. The molecule has 1 amide bonds. The first kappa shape index (κ1) is 17.3. The van der Waals surface area contributed by atoms with Crippen LogP contribution >= 0.6 is 0 Å². The van der Waals surface area contributed by atoms with Gasteiger partial charge in [-0.05, 0) is 37.3 Å². The van der Waals surface area contributed by atoms with Crippen molar-refractivity contribution in [1.29, 1.82) is 0 Å². The first-order valence-electron chi connectivity index (χ1n) is 7.41. The van der Waals surface area contributed by atoms with Gasteiger partial charge in [-0.2, -0.15) is 0 Å². The zero-order valence-corrected chi connectivity index (χ0v) is 13.9. The number of carbonyl (C=O) groups is 1. The van der Waals surface area contributed by atoms with E-state index in [2.05, 4.69) is 10.5 Å². The topological polar surface area (TPSA) is 69.2 Å². The van der Waals surface area contributed by atoms with E-state index < -0.39 is 6.10 Å². The highest BCUT2D eigenvalue weighted by atomic mass is 16.6. The normalized spacial score (nSPS) is 11.8. The lowest BCUT2D eigenvalue weighted by Crippen LogP contribution is -2.26. The van der Waals surface area contributed by atoms with Crippen molar-refractivity contribution < 1.29 is 19.1 Å². The van der Waals surface area contributed by atoms with Gasteiger partial charge in [0.25, 0.3) is 5.91 Å². The van der Waals surface area contributed by atoms with Gasteiger partial charge < -0.3 is 19.6 Å². The fraction of sp³-hybridized carbons (Fsp3) is 0.222. The Bertz CT molecular complexity index is 701. The minimum Gasteiger partial charge on any atom is -0.493 e. The Morgan fingerprint density at radius 3 is 2.46 bits per heavy atom. The second-order valence-electron chi connectivity index (χ2n) is 4.95. The average molecular weight is 328 g/mol. The third-order valence-electron chi connectivity index (χ3n) is 3.24. The summed E-state index contributed by atoms with van der Waals surface area (Å²) >= 11 is 0. The number of rotatable bonds is 7. The molecule has 0 aliphatic heterocycles. The van der Waals surface area contributed by atoms with Crippen LogP contribution in [0.2, 0.25) is 0 Å². The molecule has 6 nitrogen and oxygen atoms in total. The molecule has 1 N–H and O–H groups in total. The van der Waals surface area contributed by atoms with Gasteiger partial charge in [-0.15, -0.1) is 0 Å². The minimum absolute atomic E-state index is 0.273. The number of para-hydroxylation sites is 1. The Morgan fingerprint density at radius 2 is 1.79 bits per heavy atom. The number of ether oxygens (including phenoxy) is 2. The predicted octanol–water partition coefficient (Wildman–Crippen LogP) is 3.08. The van der Waals surface area contributed by atoms with Gasteiger partial charge in [0, 0.05) is 11.3 Å². The molecule has 2 rings (SSSR count). The largest absolute Gasteiger partial charge is 0.493 e. The van der Waals surface area contributed by atoms with Crippen LogP contribution in [0.15, 0.2) is 53.7 Å². The Morgan fingerprint density at radius 1 is 1.08 bits per heavy atom. The summed E-state index contributed by atoms with van der Waals surface area (Å²) in [4.78, 5) is 17.2. The molecular formula is C18H20N2O4. The molecule has 0 saturated carbocycles. The van der Waals surface area contributed by atoms with E-state index >= 15 is 0 Å². The van der Waals surface area contributed by atoms with Crippen molar-refractivity contribution in [2.24, 2.45) is 5.16 Å². The van der Waals surface area contributed by atoms with E-state index in [-0.39, 0.29) is 5.91 Å². The smallest absolute Gasteiger partial charge is 0.267 e. The summed E-state index contributed by atoms with van der Waals surface area (Å²) in [5, 5.41) is 6.60. The van der Waals surface area contributed by atoms with Gasteiger partial charge in [0.1, 0.15) is 0 Å². The van der Waals surface area contributed by atoms with Crippen molar-refractivity contribution >= 4 is 17.8 Å². The van der Waals surface area contributed by atoms with Crippen LogP contribution in [0.4, 0.5) is 5.69 Å². The zero-order valence-electron chi connectivity index (χ0n) is 13.9. The Labute approximate surface area is 141 Å². The summed E-state index contributed by atoms with van der Waals surface area (Å²) < 4.78 is 10.4. The quantitative estimate of drug-likeness (QED) is 0.626. The lowest BCUT2D eigenvalue weighted by atomic mass is 10.2. The summed E-state index contributed by atoms with van der Waals surface area (Å²) in [5.74, 6) is 0.952. The Balaban J connectivity index is 1.92. The van der Waals surface area contributed by atoms with Gasteiger partial charge >= 0.3 is 0 Å². The van der Waals surface area contributed by atoms with Crippen LogP contribution in [0.1, 0.15) is 12.5 Å². The third kappa shape index (κ3) is 4.74. The molecule has 0 aliphatic carbocycles. The van der Waals surface area contributed by atoms with Crippen molar-refractivity contribution in [3.63, 3.8) is 0 Å². The molecule has 24 heavy (non-hydrogen) atoms. The molecule has 0 fully saturated rings. The van der Waals surface area contributed by atoms with E-state index in [9.17, 15) is 4.79 Å². The molecule has 2 aromatic carbocycles. The fourth-order valence-corrected chi connectivity index (χ4v) is 1.93. The number of nitrogens with zero attached hydrogens (tertiary/aromatic N) is 1. The molecule has 0 aromatic heterocycles. The highest BCUT2D eigenvalue weighted by Crippen LogP contribution is 2.26. The van der Waals surface area contributed by atoms with E-state index in [4.69, 9.17) is 14.3 Å². The van der Waals surface area contributed by atoms with Crippen molar-refractivity contribution in [2.45, 2.75) is 13.0 Å². The zero-order chi connectivity index (χ0) is 17.4. The van der Waals surface area contributed by atoms with Crippen LogP contribution in [0.5, 0.6) is 11.5 Å². The molecule has 0 bridgehead atoms. The van der Waals surface area contributed by atoms with Gasteiger partial charge in [-0.1, -0.05) is 23.4 Å². The van der Waals surface area contributed by atoms with Crippen molar-refractivity contribution in [2.75, 3.05) is 19.5 Å². The number of methoxy groups -OCH3 is 2. The molecule has 0 aliphatic rings. The van der Waals surface area contributed by atoms with Crippen LogP contribution in [0.25, 0.3) is 0 Å². The number of oxime groups is 1. The van der Waals surface area contributed by atoms with Crippen LogP contribution in [0, 0.1) is 0 Å². The molecule has 0 spiro atoms. The van der Waals surface area contributed by atoms with E-state index in [0.29, 0.717) is 17.2 Å². The number of nitrogens with one attached hydrogen (secondary N) is 1. The molecule has 0 unspecified atom stereocenters. The van der Waals surface area contributed by atoms with Crippen molar-refractivity contribution in [1.82, 2.24) is 0 Å². The lowest BCUT2D eigenvalue weighted by Gasteiger charge is -2.10. The summed E-state index contributed by atoms with van der Waals surface area (Å²) in [7, 11) is 3.13. The predicted molar refractivity (Wildman–Crippen MR) is 92.8 cm³/mol. The number of anilines is 1. The number of hydrogen-bond acceptors (Lipinski definition) is 5. The van der Waals surface area contributed by atoms with Crippen LogP contribution in [-0.2, 0) is 9.63 Å². The summed E-state index contributed by atoms with van der Waals surface area (Å²) in [6.07, 6.45) is 0.787. The highest BCUT2D eigenvalue weighted by Gasteiger charge is 2.13. The Kier molecular flexibility index (Phi) is 6.19. The first-order valence-corrected chi connectivity index (χ1v) is 7.41. The summed E-state index contributed by atoms with van der Waals surface area (Å²) in [5.41, 5.74) is 1.48. The lowest BCUT2D eigenvalue weighted by molar-refractivity contribution is -0.126. The van der Waals surface area contributed by atoms with Gasteiger partial charge in [-0.25, -0.2) is 0 Å². The van der Waals surface area contributed by atoms with E-state index in [0.717, 1.165) is 5.56 Å². The average Bonchev–Trinajstić information content (AvgIpc) is 2.62. The van der Waals surface area contributed by atoms with E-state index in [1.54, 1.807) is 45.4 Å². The number of benzene rings is 2. The highest BCUT2D eigenvalue weighted by molar-refractivity contribution is 5.93. The molecular weight excluding hydrogens is 308 g/mol. The first-order chi connectivity index (χ1) is 11.6. The molecule has 2 aromatic rings. The second-order valence-corrected chi connectivity index (χ2v) is 4.95. The maximum atomic E-state index is 12.0. The van der Waals surface area contributed by atoms with Crippen LogP contribution in [0.3, 0.4) is 0 Å². The van der Waals surface area contributed by atoms with Crippen LogP contribution in [-0.4, -0.2) is 32.4 Å². The van der Waals surface area contributed by atoms with Crippen LogP contribution < -0.4 is 14.8 Å². The second kappa shape index (κ2) is 8.57. The molecule has 0 radical (unpaired) electrons. The van der Waals surface area contributed by atoms with Crippen molar-refractivity contribution in [3.05, 3.63) is 54.1 Å². The van der Waals surface area contributed by atoms with Crippen molar-refractivity contribution in [3.8, 4) is 11.5 Å². The Hall–Kier alpha value is -3.02. The maximum absolute atomic E-state index is 12.0. The fourth-order valence-electron chi connectivity index (χ4n) is 1.93. The number of hydrogen-bond donors (Lipinski definition) is 1. The minimum atomic E-state index is -0.721. The summed E-state index contributed by atoms with van der Waals surface area (Å²) in [6.45, 7) is 1.63.